The number of benzene rings is 1. The van der Waals surface area contributed by atoms with E-state index >= 15 is 0 Å². The number of amides is 1. The fourth-order valence-corrected chi connectivity index (χ4v) is 1.33. The molecule has 1 atom stereocenters. The van der Waals surface area contributed by atoms with Gasteiger partial charge in [0, 0.05) is 6.21 Å². The minimum atomic E-state index is -1.26. The number of anilines is 1. The maximum absolute atomic E-state index is 12.6. The molecule has 0 aliphatic carbocycles. The second-order valence-corrected chi connectivity index (χ2v) is 3.21. The Morgan fingerprint density at radius 1 is 1.38 bits per heavy atom. The van der Waals surface area contributed by atoms with Crippen molar-refractivity contribution in [3.05, 3.63) is 30.1 Å². The number of nitrogens with zero attached hydrogens (tertiary/aromatic N) is 2. The molecule has 1 aliphatic heterocycles. The van der Waals surface area contributed by atoms with Gasteiger partial charge in [-0.15, -0.1) is 0 Å². The Kier molecular flexibility index (Phi) is 2.40. The van der Waals surface area contributed by atoms with E-state index in [2.05, 4.69) is 5.10 Å². The van der Waals surface area contributed by atoms with Crippen LogP contribution in [-0.2, 0) is 9.59 Å². The van der Waals surface area contributed by atoms with Crippen LogP contribution in [0.2, 0.25) is 0 Å². The highest BCUT2D eigenvalue weighted by molar-refractivity contribution is 6.19. The first-order valence-corrected chi connectivity index (χ1v) is 4.46. The highest BCUT2D eigenvalue weighted by atomic mass is 19.1. The molecule has 0 saturated heterocycles. The minimum absolute atomic E-state index is 0.339. The average Bonchev–Trinajstić information content (AvgIpc) is 2.61. The first-order valence-electron chi connectivity index (χ1n) is 4.46. The summed E-state index contributed by atoms with van der Waals surface area (Å²) < 4.78 is 12.6. The van der Waals surface area contributed by atoms with Crippen LogP contribution in [0, 0.1) is 11.7 Å². The van der Waals surface area contributed by atoms with Crippen molar-refractivity contribution in [2.45, 2.75) is 0 Å². The number of hydrogen-bond donors (Lipinski definition) is 1. The number of hydrazone groups is 1. The Morgan fingerprint density at radius 2 is 2.00 bits per heavy atom. The Morgan fingerprint density at radius 3 is 2.50 bits per heavy atom. The molecule has 5 nitrogen and oxygen atoms in total. The summed E-state index contributed by atoms with van der Waals surface area (Å²) in [6.45, 7) is 0. The predicted octanol–water partition coefficient (Wildman–Crippen LogP) is 0.859. The molecule has 6 heteroatoms. The molecule has 82 valence electrons. The molecule has 0 aromatic heterocycles. The van der Waals surface area contributed by atoms with Crippen LogP contribution in [0.5, 0.6) is 0 Å². The molecule has 2 rings (SSSR count). The molecule has 16 heavy (non-hydrogen) atoms. The van der Waals surface area contributed by atoms with Crippen molar-refractivity contribution in [1.29, 1.82) is 0 Å². The van der Waals surface area contributed by atoms with Gasteiger partial charge in [-0.25, -0.2) is 4.39 Å². The number of aliphatic carboxylic acids is 1. The first kappa shape index (κ1) is 10.3. The van der Waals surface area contributed by atoms with Gasteiger partial charge in [0.1, 0.15) is 5.82 Å². The zero-order chi connectivity index (χ0) is 11.7. The van der Waals surface area contributed by atoms with Gasteiger partial charge in [-0.1, -0.05) is 0 Å². The number of halogens is 1. The van der Waals surface area contributed by atoms with Gasteiger partial charge in [0.05, 0.1) is 5.69 Å². The third-order valence-corrected chi connectivity index (χ3v) is 2.14. The number of carboxylic acids is 1. The molecule has 0 spiro atoms. The lowest BCUT2D eigenvalue weighted by Crippen LogP contribution is -2.30. The maximum atomic E-state index is 12.6. The summed E-state index contributed by atoms with van der Waals surface area (Å²) in [5, 5.41) is 13.3. The third kappa shape index (κ3) is 1.65. The van der Waals surface area contributed by atoms with E-state index in [0.717, 1.165) is 11.2 Å². The lowest BCUT2D eigenvalue weighted by molar-refractivity contribution is -0.142. The summed E-state index contributed by atoms with van der Waals surface area (Å²) in [6, 6.07) is 5.06. The maximum Gasteiger partial charge on any atom is 0.321 e. The highest BCUT2D eigenvalue weighted by Gasteiger charge is 2.34. The van der Waals surface area contributed by atoms with Crippen molar-refractivity contribution in [3.63, 3.8) is 0 Å². The highest BCUT2D eigenvalue weighted by Crippen LogP contribution is 2.21. The van der Waals surface area contributed by atoms with Gasteiger partial charge in [0.2, 0.25) is 0 Å². The van der Waals surface area contributed by atoms with Gasteiger partial charge in [-0.2, -0.15) is 10.1 Å². The van der Waals surface area contributed by atoms with Crippen LogP contribution in [0.4, 0.5) is 10.1 Å². The van der Waals surface area contributed by atoms with E-state index in [1.54, 1.807) is 0 Å². The van der Waals surface area contributed by atoms with Crippen LogP contribution in [0.25, 0.3) is 0 Å². The normalized spacial score (nSPS) is 19.2. The van der Waals surface area contributed by atoms with Crippen LogP contribution in [0.3, 0.4) is 0 Å². The van der Waals surface area contributed by atoms with Crippen LogP contribution in [0.1, 0.15) is 0 Å². The van der Waals surface area contributed by atoms with Crippen molar-refractivity contribution in [2.75, 3.05) is 5.01 Å². The molecule has 1 amide bonds. The monoisotopic (exact) mass is 222 g/mol. The van der Waals surface area contributed by atoms with Crippen LogP contribution in [0.15, 0.2) is 29.4 Å². The zero-order valence-corrected chi connectivity index (χ0v) is 8.00. The van der Waals surface area contributed by atoms with Crippen molar-refractivity contribution in [2.24, 2.45) is 11.0 Å². The van der Waals surface area contributed by atoms with Crippen molar-refractivity contribution in [1.82, 2.24) is 0 Å². The molecule has 1 heterocycles. The van der Waals surface area contributed by atoms with Gasteiger partial charge in [0.25, 0.3) is 5.91 Å². The molecule has 0 unspecified atom stereocenters. The zero-order valence-electron chi connectivity index (χ0n) is 8.00. The van der Waals surface area contributed by atoms with E-state index in [4.69, 9.17) is 5.11 Å². The number of carbonyl (C=O) groups excluding carboxylic acids is 1. The summed E-state index contributed by atoms with van der Waals surface area (Å²) in [5.74, 6) is -3.60. The SMILES string of the molecule is O=C(O)[C@@H]1C=NN(c2ccc(F)cc2)C1=O. The lowest BCUT2D eigenvalue weighted by Gasteiger charge is -2.12. The molecule has 0 saturated carbocycles. The van der Waals surface area contributed by atoms with E-state index in [-0.39, 0.29) is 0 Å². The molecule has 0 fully saturated rings. The van der Waals surface area contributed by atoms with E-state index in [0.29, 0.717) is 5.69 Å². The summed E-state index contributed by atoms with van der Waals surface area (Å²) in [5.41, 5.74) is 0.339. The van der Waals surface area contributed by atoms with Gasteiger partial charge in [-0.05, 0) is 24.3 Å². The molecule has 1 aliphatic rings. The van der Waals surface area contributed by atoms with Gasteiger partial charge in [-0.3, -0.25) is 9.59 Å². The smallest absolute Gasteiger partial charge is 0.321 e. The van der Waals surface area contributed by atoms with Gasteiger partial charge < -0.3 is 5.11 Å². The molecule has 1 N–H and O–H groups in total. The summed E-state index contributed by atoms with van der Waals surface area (Å²) >= 11 is 0. The van der Waals surface area contributed by atoms with Crippen molar-refractivity contribution >= 4 is 23.8 Å². The summed E-state index contributed by atoms with van der Waals surface area (Å²) in [4.78, 5) is 22.2. The van der Waals surface area contributed by atoms with Crippen LogP contribution >= 0.6 is 0 Å². The van der Waals surface area contributed by atoms with Crippen LogP contribution in [-0.4, -0.2) is 23.2 Å². The molecular formula is C10H7FN2O3. The molecule has 0 bridgehead atoms. The number of carbonyl (C=O) groups is 2. The van der Waals surface area contributed by atoms with E-state index in [9.17, 15) is 14.0 Å². The standard InChI is InChI=1S/C10H7FN2O3/c11-6-1-3-7(4-2-6)13-9(14)8(5-12-13)10(15)16/h1-5,8H,(H,15,16)/t8-/m1/s1. The summed E-state index contributed by atoms with van der Waals surface area (Å²) in [6.07, 6.45) is 1.05. The fraction of sp³-hybridized carbons (Fsp3) is 0.100. The Labute approximate surface area is 89.8 Å². The Bertz CT molecular complexity index is 469. The van der Waals surface area contributed by atoms with Crippen LogP contribution < -0.4 is 5.01 Å². The van der Waals surface area contributed by atoms with Crippen molar-refractivity contribution < 1.29 is 19.1 Å². The quantitative estimate of drug-likeness (QED) is 0.754. The van der Waals surface area contributed by atoms with E-state index < -0.39 is 23.6 Å². The average molecular weight is 222 g/mol. The minimum Gasteiger partial charge on any atom is -0.480 e. The number of hydrogen-bond acceptors (Lipinski definition) is 3. The molecule has 0 radical (unpaired) electrons. The molecule has 1 aromatic carbocycles. The predicted molar refractivity (Wildman–Crippen MR) is 53.5 cm³/mol. The van der Waals surface area contributed by atoms with Gasteiger partial charge >= 0.3 is 5.97 Å². The number of rotatable bonds is 2. The van der Waals surface area contributed by atoms with Crippen molar-refractivity contribution in [3.8, 4) is 0 Å². The molecular weight excluding hydrogens is 215 g/mol. The lowest BCUT2D eigenvalue weighted by atomic mass is 10.1. The summed E-state index contributed by atoms with van der Waals surface area (Å²) in [7, 11) is 0. The topological polar surface area (TPSA) is 70.0 Å². The second kappa shape index (κ2) is 3.73. The molecule has 1 aromatic rings. The van der Waals surface area contributed by atoms with E-state index in [1.165, 1.54) is 24.3 Å². The number of carboxylic acid groups (broad SMARTS) is 1. The van der Waals surface area contributed by atoms with E-state index in [1.807, 2.05) is 0 Å². The Balaban J connectivity index is 2.25. The Hall–Kier alpha value is -2.24. The second-order valence-electron chi connectivity index (χ2n) is 3.21. The van der Waals surface area contributed by atoms with Gasteiger partial charge in [0.15, 0.2) is 5.92 Å². The first-order chi connectivity index (χ1) is 7.59. The fourth-order valence-electron chi connectivity index (χ4n) is 1.33. The largest absolute Gasteiger partial charge is 0.480 e. The third-order valence-electron chi connectivity index (χ3n) is 2.14.